The van der Waals surface area contributed by atoms with Gasteiger partial charge in [0.15, 0.2) is 0 Å². The van der Waals surface area contributed by atoms with E-state index < -0.39 is 5.41 Å². The number of nitrogens with one attached hydrogen (secondary N) is 1. The van der Waals surface area contributed by atoms with E-state index in [2.05, 4.69) is 74.6 Å². The first kappa shape index (κ1) is 30.3. The minimum atomic E-state index is -0.526. The number of nitrogens with zero attached hydrogens (tertiary/aromatic N) is 2. The largest absolute Gasteiger partial charge is 0.377 e. The van der Waals surface area contributed by atoms with Crippen molar-refractivity contribution in [3.05, 3.63) is 101 Å². The van der Waals surface area contributed by atoms with E-state index in [0.717, 1.165) is 74.8 Å². The van der Waals surface area contributed by atoms with Crippen LogP contribution in [0.15, 0.2) is 78.9 Å². The number of anilines is 1. The van der Waals surface area contributed by atoms with Crippen molar-refractivity contribution in [2.45, 2.75) is 83.3 Å². The Morgan fingerprint density at radius 3 is 2.20 bits per heavy atom. The number of benzene rings is 3. The third kappa shape index (κ3) is 7.99. The highest BCUT2D eigenvalue weighted by Gasteiger charge is 2.37. The number of nitriles is 1. The van der Waals surface area contributed by atoms with Crippen LogP contribution in [0.5, 0.6) is 0 Å². The van der Waals surface area contributed by atoms with Gasteiger partial charge in [-0.15, -0.1) is 0 Å². The number of ether oxygens (including phenoxy) is 1. The lowest BCUT2D eigenvalue weighted by Gasteiger charge is -2.32. The van der Waals surface area contributed by atoms with Crippen LogP contribution in [0.4, 0.5) is 5.69 Å². The predicted octanol–water partition coefficient (Wildman–Crippen LogP) is 7.91. The third-order valence-electron chi connectivity index (χ3n) is 8.08. The van der Waals surface area contributed by atoms with Gasteiger partial charge in [0.2, 0.25) is 0 Å². The number of amides is 1. The fraction of sp³-hybridized carbons (Fsp3) is 0.444. The molecule has 1 N–H and O–H groups in total. The molecule has 3 aromatic carbocycles. The van der Waals surface area contributed by atoms with Crippen LogP contribution in [-0.2, 0) is 23.2 Å². The predicted molar refractivity (Wildman–Crippen MR) is 167 cm³/mol. The summed E-state index contributed by atoms with van der Waals surface area (Å²) in [6, 6.07) is 29.4. The van der Waals surface area contributed by atoms with E-state index in [0.29, 0.717) is 18.8 Å². The van der Waals surface area contributed by atoms with Gasteiger partial charge in [0.25, 0.3) is 5.91 Å². The Labute approximate surface area is 246 Å². The monoisotopic (exact) mass is 551 g/mol. The summed E-state index contributed by atoms with van der Waals surface area (Å²) in [5, 5.41) is 14.0. The molecule has 0 bridgehead atoms. The van der Waals surface area contributed by atoms with Gasteiger partial charge in [0, 0.05) is 24.3 Å². The topological polar surface area (TPSA) is 65.4 Å². The van der Waals surface area contributed by atoms with Gasteiger partial charge in [-0.2, -0.15) is 5.26 Å². The number of hydrogen-bond donors (Lipinski definition) is 1. The van der Waals surface area contributed by atoms with Gasteiger partial charge >= 0.3 is 0 Å². The maximum absolute atomic E-state index is 13.7. The van der Waals surface area contributed by atoms with Crippen molar-refractivity contribution in [3.63, 3.8) is 0 Å². The molecule has 1 unspecified atom stereocenters. The maximum atomic E-state index is 13.7. The van der Waals surface area contributed by atoms with Crippen LogP contribution in [0, 0.1) is 11.3 Å². The molecule has 0 spiro atoms. The van der Waals surface area contributed by atoms with Gasteiger partial charge in [-0.25, -0.2) is 0 Å². The zero-order chi connectivity index (χ0) is 29.1. The highest BCUT2D eigenvalue weighted by atomic mass is 16.5. The van der Waals surface area contributed by atoms with Crippen LogP contribution in [0.2, 0.25) is 0 Å². The molecule has 216 valence electrons. The minimum absolute atomic E-state index is 0.0440. The fourth-order valence-corrected chi connectivity index (χ4v) is 6.10. The lowest BCUT2D eigenvalue weighted by atomic mass is 9.79. The molecule has 3 aromatic rings. The normalized spacial score (nSPS) is 15.6. The number of hydrogen-bond acceptors (Lipinski definition) is 4. The molecule has 41 heavy (non-hydrogen) atoms. The average molecular weight is 552 g/mol. The molecule has 0 radical (unpaired) electrons. The first-order valence-electron chi connectivity index (χ1n) is 15.2. The molecule has 1 aliphatic carbocycles. The number of rotatable bonds is 14. The Bertz CT molecular complexity index is 1250. The van der Waals surface area contributed by atoms with E-state index in [9.17, 15) is 10.1 Å². The zero-order valence-corrected chi connectivity index (χ0v) is 25.0. The van der Waals surface area contributed by atoms with Crippen molar-refractivity contribution in [2.75, 3.05) is 25.0 Å². The van der Waals surface area contributed by atoms with Crippen molar-refractivity contribution >= 4 is 11.6 Å². The summed E-state index contributed by atoms with van der Waals surface area (Å²) >= 11 is 0. The van der Waals surface area contributed by atoms with E-state index in [1.54, 1.807) is 0 Å². The Morgan fingerprint density at radius 1 is 0.951 bits per heavy atom. The van der Waals surface area contributed by atoms with Crippen molar-refractivity contribution in [1.82, 2.24) is 4.90 Å². The molecule has 1 aliphatic rings. The fourth-order valence-electron chi connectivity index (χ4n) is 6.10. The quantitative estimate of drug-likeness (QED) is 0.221. The summed E-state index contributed by atoms with van der Waals surface area (Å²) in [5.41, 5.74) is 3.99. The van der Waals surface area contributed by atoms with Gasteiger partial charge in [0.1, 0.15) is 0 Å². The number of carbonyl (C=O) groups is 1. The first-order chi connectivity index (χ1) is 19.9. The molecule has 0 aliphatic heterocycles. The van der Waals surface area contributed by atoms with Crippen LogP contribution < -0.4 is 5.32 Å². The van der Waals surface area contributed by atoms with Crippen molar-refractivity contribution in [3.8, 4) is 6.07 Å². The van der Waals surface area contributed by atoms with Gasteiger partial charge in [-0.05, 0) is 80.0 Å². The Morgan fingerprint density at radius 2 is 1.59 bits per heavy atom. The molecular weight excluding hydrogens is 506 g/mol. The summed E-state index contributed by atoms with van der Waals surface area (Å²) in [4.78, 5) is 15.6. The zero-order valence-electron chi connectivity index (χ0n) is 25.0. The van der Waals surface area contributed by atoms with Crippen LogP contribution in [-0.4, -0.2) is 36.0 Å². The maximum Gasteiger partial charge on any atom is 0.253 e. The lowest BCUT2D eigenvalue weighted by Crippen LogP contribution is -2.42. The molecule has 1 saturated carbocycles. The lowest BCUT2D eigenvalue weighted by molar-refractivity contribution is 0.0752. The SMILES string of the molecule is CCCN(CCC)C(=O)c1cc(COCC(C)(Cc2ccccc2)Nc2ccccc2)cc(C2(C#N)CCCC2)c1. The van der Waals surface area contributed by atoms with Crippen LogP contribution in [0.25, 0.3) is 0 Å². The molecule has 1 amide bonds. The smallest absolute Gasteiger partial charge is 0.253 e. The molecule has 4 rings (SSSR count). The molecule has 1 fully saturated rings. The second kappa shape index (κ2) is 14.3. The molecule has 1 atom stereocenters. The minimum Gasteiger partial charge on any atom is -0.377 e. The van der Waals surface area contributed by atoms with Gasteiger partial charge < -0.3 is 15.0 Å². The van der Waals surface area contributed by atoms with E-state index >= 15 is 0 Å². The summed E-state index contributed by atoms with van der Waals surface area (Å²) < 4.78 is 6.43. The standard InChI is InChI=1S/C36H45N3O2/c1-4-20-39(21-5-2)34(40)31-22-30(23-32(24-31)36(27-37)18-12-13-19-36)26-41-28-35(3,25-29-14-8-6-9-15-29)38-33-16-10-7-11-17-33/h6-11,14-17,22-24,38H,4-5,12-13,18-21,25-26,28H2,1-3H3. The summed E-state index contributed by atoms with van der Waals surface area (Å²) in [5.74, 6) is 0.0440. The average Bonchev–Trinajstić information content (AvgIpc) is 3.48. The Hall–Kier alpha value is -3.62. The second-order valence-corrected chi connectivity index (χ2v) is 11.8. The Balaban J connectivity index is 1.59. The van der Waals surface area contributed by atoms with Crippen molar-refractivity contribution in [1.29, 1.82) is 5.26 Å². The second-order valence-electron chi connectivity index (χ2n) is 11.8. The van der Waals surface area contributed by atoms with Crippen molar-refractivity contribution < 1.29 is 9.53 Å². The number of para-hydroxylation sites is 1. The van der Waals surface area contributed by atoms with Crippen molar-refractivity contribution in [2.24, 2.45) is 0 Å². The van der Waals surface area contributed by atoms with E-state index in [1.165, 1.54) is 5.56 Å². The summed E-state index contributed by atoms with van der Waals surface area (Å²) in [7, 11) is 0. The first-order valence-corrected chi connectivity index (χ1v) is 15.2. The van der Waals surface area contributed by atoms with Crippen LogP contribution in [0.1, 0.15) is 86.3 Å². The summed E-state index contributed by atoms with van der Waals surface area (Å²) in [6.45, 7) is 8.71. The Kier molecular flexibility index (Phi) is 10.6. The summed E-state index contributed by atoms with van der Waals surface area (Å²) in [6.07, 6.45) is 6.39. The van der Waals surface area contributed by atoms with E-state index in [-0.39, 0.29) is 11.4 Å². The third-order valence-corrected chi connectivity index (χ3v) is 8.08. The highest BCUT2D eigenvalue weighted by molar-refractivity contribution is 5.94. The van der Waals surface area contributed by atoms with E-state index in [1.807, 2.05) is 41.3 Å². The highest BCUT2D eigenvalue weighted by Crippen LogP contribution is 2.41. The molecule has 0 saturated heterocycles. The van der Waals surface area contributed by atoms with E-state index in [4.69, 9.17) is 4.74 Å². The molecule has 5 heteroatoms. The van der Waals surface area contributed by atoms with Gasteiger partial charge in [-0.1, -0.05) is 81.3 Å². The van der Waals surface area contributed by atoms with Crippen LogP contribution in [0.3, 0.4) is 0 Å². The van der Waals surface area contributed by atoms with Gasteiger partial charge in [-0.3, -0.25) is 4.79 Å². The molecule has 5 nitrogen and oxygen atoms in total. The van der Waals surface area contributed by atoms with Gasteiger partial charge in [0.05, 0.1) is 30.2 Å². The van der Waals surface area contributed by atoms with Crippen LogP contribution >= 0.6 is 0 Å². The number of carbonyl (C=O) groups excluding carboxylic acids is 1. The molecule has 0 aromatic heterocycles. The molecule has 0 heterocycles. The molecular formula is C36H45N3O2.